The van der Waals surface area contributed by atoms with Gasteiger partial charge in [-0.15, -0.1) is 0 Å². The van der Waals surface area contributed by atoms with Crippen molar-refractivity contribution >= 4 is 0 Å². The van der Waals surface area contributed by atoms with Crippen molar-refractivity contribution in [1.82, 2.24) is 15.1 Å². The van der Waals surface area contributed by atoms with Gasteiger partial charge in [0.25, 0.3) is 0 Å². The van der Waals surface area contributed by atoms with Gasteiger partial charge in [0, 0.05) is 25.5 Å². The molecule has 0 radical (unpaired) electrons. The van der Waals surface area contributed by atoms with Crippen molar-refractivity contribution in [3.8, 4) is 5.75 Å². The summed E-state index contributed by atoms with van der Waals surface area (Å²) in [5.74, 6) is 0.929. The van der Waals surface area contributed by atoms with Crippen LogP contribution in [-0.4, -0.2) is 22.9 Å². The Labute approximate surface area is 108 Å². The van der Waals surface area contributed by atoms with Crippen LogP contribution >= 0.6 is 0 Å². The molecular formula is C14H19N3O. The molecule has 0 aliphatic carbocycles. The minimum Gasteiger partial charge on any atom is -0.494 e. The highest BCUT2D eigenvalue weighted by Crippen LogP contribution is 2.11. The zero-order valence-electron chi connectivity index (χ0n) is 10.7. The molecule has 0 aliphatic heterocycles. The van der Waals surface area contributed by atoms with Crippen LogP contribution < -0.4 is 10.1 Å². The van der Waals surface area contributed by atoms with Crippen LogP contribution in [-0.2, 0) is 13.1 Å². The van der Waals surface area contributed by atoms with Crippen LogP contribution in [0.5, 0.6) is 5.75 Å². The lowest BCUT2D eigenvalue weighted by Gasteiger charge is -2.07. The molecule has 0 unspecified atom stereocenters. The number of hydrogen-bond acceptors (Lipinski definition) is 3. The van der Waals surface area contributed by atoms with Gasteiger partial charge in [-0.05, 0) is 30.7 Å². The van der Waals surface area contributed by atoms with Gasteiger partial charge >= 0.3 is 0 Å². The molecule has 0 saturated carbocycles. The van der Waals surface area contributed by atoms with E-state index in [9.17, 15) is 0 Å². The van der Waals surface area contributed by atoms with Crippen molar-refractivity contribution in [1.29, 1.82) is 0 Å². The number of rotatable bonds is 7. The van der Waals surface area contributed by atoms with E-state index in [0.717, 1.165) is 25.4 Å². The Bertz CT molecular complexity index is 437. The lowest BCUT2D eigenvalue weighted by Crippen LogP contribution is -2.19. The van der Waals surface area contributed by atoms with Crippen LogP contribution in [0.1, 0.15) is 12.5 Å². The second-order valence-electron chi connectivity index (χ2n) is 4.02. The normalized spacial score (nSPS) is 10.5. The first-order valence-electron chi connectivity index (χ1n) is 6.28. The van der Waals surface area contributed by atoms with Gasteiger partial charge in [0.05, 0.1) is 13.2 Å². The van der Waals surface area contributed by atoms with Gasteiger partial charge in [0.1, 0.15) is 5.75 Å². The van der Waals surface area contributed by atoms with E-state index in [1.54, 1.807) is 6.20 Å². The van der Waals surface area contributed by atoms with E-state index in [1.807, 2.05) is 36.0 Å². The van der Waals surface area contributed by atoms with Crippen molar-refractivity contribution < 1.29 is 4.74 Å². The van der Waals surface area contributed by atoms with Crippen molar-refractivity contribution in [2.75, 3.05) is 13.2 Å². The Hall–Kier alpha value is -1.81. The number of hydrogen-bond donors (Lipinski definition) is 1. The lowest BCUT2D eigenvalue weighted by atomic mass is 10.2. The van der Waals surface area contributed by atoms with Crippen LogP contribution in [0, 0.1) is 0 Å². The highest BCUT2D eigenvalue weighted by Gasteiger charge is 1.95. The minimum atomic E-state index is 0.710. The maximum Gasteiger partial charge on any atom is 0.119 e. The Balaban J connectivity index is 1.69. The molecular weight excluding hydrogens is 226 g/mol. The molecule has 1 aromatic carbocycles. The van der Waals surface area contributed by atoms with Gasteiger partial charge in [-0.1, -0.05) is 12.1 Å². The SMILES string of the molecule is CCOc1ccc(CNCCn2cccn2)cc1. The first-order chi connectivity index (χ1) is 8.88. The third-order valence-corrected chi connectivity index (χ3v) is 2.64. The van der Waals surface area contributed by atoms with Crippen LogP contribution in [0.2, 0.25) is 0 Å². The van der Waals surface area contributed by atoms with Gasteiger partial charge in [0.15, 0.2) is 0 Å². The molecule has 0 fully saturated rings. The molecule has 4 heteroatoms. The lowest BCUT2D eigenvalue weighted by molar-refractivity contribution is 0.340. The third kappa shape index (κ3) is 3.89. The predicted molar refractivity (Wildman–Crippen MR) is 71.5 cm³/mol. The molecule has 18 heavy (non-hydrogen) atoms. The van der Waals surface area contributed by atoms with Gasteiger partial charge in [0.2, 0.25) is 0 Å². The Kier molecular flexibility index (Phi) is 4.78. The monoisotopic (exact) mass is 245 g/mol. The van der Waals surface area contributed by atoms with Gasteiger partial charge < -0.3 is 10.1 Å². The molecule has 0 aliphatic rings. The van der Waals surface area contributed by atoms with Crippen LogP contribution in [0.15, 0.2) is 42.7 Å². The fourth-order valence-corrected chi connectivity index (χ4v) is 1.73. The quantitative estimate of drug-likeness (QED) is 0.759. The number of nitrogens with one attached hydrogen (secondary N) is 1. The molecule has 1 heterocycles. The third-order valence-electron chi connectivity index (χ3n) is 2.64. The van der Waals surface area contributed by atoms with Gasteiger partial charge in [-0.25, -0.2) is 0 Å². The molecule has 4 nitrogen and oxygen atoms in total. The molecule has 2 aromatic rings. The fraction of sp³-hybridized carbons (Fsp3) is 0.357. The molecule has 0 atom stereocenters. The zero-order valence-corrected chi connectivity index (χ0v) is 10.7. The Morgan fingerprint density at radius 3 is 2.78 bits per heavy atom. The van der Waals surface area contributed by atoms with E-state index in [-0.39, 0.29) is 0 Å². The van der Waals surface area contributed by atoms with E-state index >= 15 is 0 Å². The summed E-state index contributed by atoms with van der Waals surface area (Å²) in [5, 5.41) is 7.54. The fourth-order valence-electron chi connectivity index (χ4n) is 1.73. The van der Waals surface area contributed by atoms with Crippen LogP contribution in [0.4, 0.5) is 0 Å². The molecule has 0 spiro atoms. The molecule has 1 N–H and O–H groups in total. The van der Waals surface area contributed by atoms with E-state index in [4.69, 9.17) is 4.74 Å². The molecule has 0 saturated heterocycles. The van der Waals surface area contributed by atoms with E-state index in [0.29, 0.717) is 6.61 Å². The Morgan fingerprint density at radius 1 is 1.28 bits per heavy atom. The second kappa shape index (κ2) is 6.81. The first-order valence-corrected chi connectivity index (χ1v) is 6.28. The summed E-state index contributed by atoms with van der Waals surface area (Å²) in [5.41, 5.74) is 1.26. The standard InChI is InChI=1S/C14H19N3O/c1-2-18-14-6-4-13(5-7-14)12-15-9-11-17-10-3-8-16-17/h3-8,10,15H,2,9,11-12H2,1H3. The van der Waals surface area contributed by atoms with Crippen molar-refractivity contribution in [3.63, 3.8) is 0 Å². The summed E-state index contributed by atoms with van der Waals surface area (Å²) < 4.78 is 7.33. The van der Waals surface area contributed by atoms with Gasteiger partial charge in [-0.3, -0.25) is 4.68 Å². The van der Waals surface area contributed by atoms with Crippen molar-refractivity contribution in [2.24, 2.45) is 0 Å². The van der Waals surface area contributed by atoms with E-state index < -0.39 is 0 Å². The predicted octanol–water partition coefficient (Wildman–Crippen LogP) is 2.07. The van der Waals surface area contributed by atoms with Gasteiger partial charge in [-0.2, -0.15) is 5.10 Å². The van der Waals surface area contributed by atoms with Crippen molar-refractivity contribution in [2.45, 2.75) is 20.0 Å². The molecule has 2 rings (SSSR count). The smallest absolute Gasteiger partial charge is 0.119 e. The van der Waals surface area contributed by atoms with Crippen LogP contribution in [0.3, 0.4) is 0 Å². The summed E-state index contributed by atoms with van der Waals surface area (Å²) in [4.78, 5) is 0. The molecule has 0 amide bonds. The maximum atomic E-state index is 5.40. The highest BCUT2D eigenvalue weighted by molar-refractivity contribution is 5.27. The van der Waals surface area contributed by atoms with E-state index in [1.165, 1.54) is 5.56 Å². The summed E-state index contributed by atoms with van der Waals surface area (Å²) in [6.07, 6.45) is 3.77. The minimum absolute atomic E-state index is 0.710. The summed E-state index contributed by atoms with van der Waals surface area (Å²) in [7, 11) is 0. The number of benzene rings is 1. The summed E-state index contributed by atoms with van der Waals surface area (Å²) in [6.45, 7) is 5.37. The summed E-state index contributed by atoms with van der Waals surface area (Å²) in [6, 6.07) is 10.1. The van der Waals surface area contributed by atoms with Crippen molar-refractivity contribution in [3.05, 3.63) is 48.3 Å². The molecule has 96 valence electrons. The zero-order chi connectivity index (χ0) is 12.6. The first kappa shape index (κ1) is 12.6. The average Bonchev–Trinajstić information content (AvgIpc) is 2.90. The Morgan fingerprint density at radius 2 is 2.11 bits per heavy atom. The second-order valence-corrected chi connectivity index (χ2v) is 4.02. The van der Waals surface area contributed by atoms with Crippen LogP contribution in [0.25, 0.3) is 0 Å². The topological polar surface area (TPSA) is 39.1 Å². The average molecular weight is 245 g/mol. The molecule has 0 bridgehead atoms. The highest BCUT2D eigenvalue weighted by atomic mass is 16.5. The maximum absolute atomic E-state index is 5.40. The number of nitrogens with zero attached hydrogens (tertiary/aromatic N) is 2. The number of ether oxygens (including phenoxy) is 1. The molecule has 1 aromatic heterocycles. The van der Waals surface area contributed by atoms with E-state index in [2.05, 4.69) is 22.5 Å². The number of aromatic nitrogens is 2. The summed E-state index contributed by atoms with van der Waals surface area (Å²) >= 11 is 0. The largest absolute Gasteiger partial charge is 0.494 e.